The predicted octanol–water partition coefficient (Wildman–Crippen LogP) is 6.78. The number of benzene rings is 3. The van der Waals surface area contributed by atoms with Gasteiger partial charge in [-0.2, -0.15) is 0 Å². The molecule has 0 N–H and O–H groups in total. The molecular formula is C18H13BrCl2. The van der Waals surface area contributed by atoms with Crippen LogP contribution >= 0.6 is 39.1 Å². The molecule has 0 radical (unpaired) electrons. The van der Waals surface area contributed by atoms with Gasteiger partial charge in [-0.3, -0.25) is 0 Å². The second-order valence-corrected chi connectivity index (χ2v) is 6.93. The molecule has 0 nitrogen and oxygen atoms in total. The van der Waals surface area contributed by atoms with Crippen LogP contribution in [0.15, 0.2) is 65.1 Å². The van der Waals surface area contributed by atoms with Crippen molar-refractivity contribution in [3.05, 3.63) is 81.3 Å². The van der Waals surface area contributed by atoms with Crippen LogP contribution in [0.4, 0.5) is 0 Å². The Bertz CT molecular complexity index is 783. The van der Waals surface area contributed by atoms with Crippen LogP contribution in [-0.2, 0) is 6.42 Å². The Morgan fingerprint density at radius 1 is 0.905 bits per heavy atom. The van der Waals surface area contributed by atoms with Crippen molar-refractivity contribution in [3.8, 4) is 0 Å². The van der Waals surface area contributed by atoms with E-state index in [1.54, 1.807) is 0 Å². The summed E-state index contributed by atoms with van der Waals surface area (Å²) in [6.07, 6.45) is 0.768. The maximum absolute atomic E-state index is 6.57. The molecule has 0 amide bonds. The molecule has 0 saturated heterocycles. The molecule has 0 spiro atoms. The third-order valence-corrected chi connectivity index (χ3v) is 4.63. The van der Waals surface area contributed by atoms with Crippen LogP contribution in [0.25, 0.3) is 10.8 Å². The second-order valence-electron chi connectivity index (χ2n) is 5.05. The number of hydrogen-bond donors (Lipinski definition) is 0. The first-order valence-electron chi connectivity index (χ1n) is 6.69. The summed E-state index contributed by atoms with van der Waals surface area (Å²) in [6, 6.07) is 20.5. The van der Waals surface area contributed by atoms with E-state index in [0.29, 0.717) is 0 Å². The zero-order valence-electron chi connectivity index (χ0n) is 11.2. The lowest BCUT2D eigenvalue weighted by molar-refractivity contribution is 0.922. The molecule has 1 unspecified atom stereocenters. The highest BCUT2D eigenvalue weighted by atomic mass is 79.9. The van der Waals surface area contributed by atoms with Crippen LogP contribution < -0.4 is 0 Å². The Kier molecular flexibility index (Phi) is 4.54. The number of rotatable bonds is 3. The Labute approximate surface area is 142 Å². The van der Waals surface area contributed by atoms with E-state index < -0.39 is 0 Å². The van der Waals surface area contributed by atoms with Gasteiger partial charge in [0.2, 0.25) is 0 Å². The fourth-order valence-corrected chi connectivity index (χ4v) is 3.32. The van der Waals surface area contributed by atoms with E-state index in [1.165, 1.54) is 10.8 Å². The van der Waals surface area contributed by atoms with Gasteiger partial charge in [-0.15, -0.1) is 11.6 Å². The van der Waals surface area contributed by atoms with Gasteiger partial charge in [0.15, 0.2) is 0 Å². The van der Waals surface area contributed by atoms with Gasteiger partial charge >= 0.3 is 0 Å². The summed E-state index contributed by atoms with van der Waals surface area (Å²) in [6.45, 7) is 0. The molecule has 0 saturated carbocycles. The van der Waals surface area contributed by atoms with E-state index in [2.05, 4.69) is 52.3 Å². The minimum Gasteiger partial charge on any atom is -0.117 e. The summed E-state index contributed by atoms with van der Waals surface area (Å²) in [5.41, 5.74) is 2.28. The molecule has 1 atom stereocenters. The molecule has 3 aromatic carbocycles. The minimum absolute atomic E-state index is 0.0588. The Morgan fingerprint density at radius 3 is 2.48 bits per heavy atom. The fourth-order valence-electron chi connectivity index (χ4n) is 2.42. The van der Waals surface area contributed by atoms with Gasteiger partial charge in [-0.05, 0) is 58.7 Å². The molecule has 0 heterocycles. The van der Waals surface area contributed by atoms with Gasteiger partial charge in [0, 0.05) is 9.50 Å². The summed E-state index contributed by atoms with van der Waals surface area (Å²) in [7, 11) is 0. The van der Waals surface area contributed by atoms with Crippen molar-refractivity contribution in [3.63, 3.8) is 0 Å². The van der Waals surface area contributed by atoms with Crippen molar-refractivity contribution in [1.82, 2.24) is 0 Å². The van der Waals surface area contributed by atoms with Gasteiger partial charge in [-0.25, -0.2) is 0 Å². The van der Waals surface area contributed by atoms with Crippen molar-refractivity contribution in [2.45, 2.75) is 11.8 Å². The SMILES string of the molecule is Clc1cccc(CC(Cl)c2ccc3cc(Br)ccc3c2)c1. The minimum atomic E-state index is -0.0588. The van der Waals surface area contributed by atoms with E-state index in [-0.39, 0.29) is 5.38 Å². The van der Waals surface area contributed by atoms with Crippen LogP contribution in [-0.4, -0.2) is 0 Å². The first-order valence-corrected chi connectivity index (χ1v) is 8.30. The standard InChI is InChI=1S/C18H13BrCl2/c19-16-7-6-13-10-15(5-4-14(13)11-16)18(21)9-12-2-1-3-17(20)8-12/h1-8,10-11,18H,9H2. The molecule has 3 heteroatoms. The number of halogens is 3. The van der Waals surface area contributed by atoms with Gasteiger partial charge < -0.3 is 0 Å². The first-order chi connectivity index (χ1) is 10.1. The van der Waals surface area contributed by atoms with Gasteiger partial charge in [0.1, 0.15) is 0 Å². The highest BCUT2D eigenvalue weighted by molar-refractivity contribution is 9.10. The summed E-state index contributed by atoms with van der Waals surface area (Å²) >= 11 is 16.1. The first kappa shape index (κ1) is 14.9. The molecular weight excluding hydrogens is 367 g/mol. The Hall–Kier alpha value is -1.02. The van der Waals surface area contributed by atoms with Crippen LogP contribution in [0, 0.1) is 0 Å². The lowest BCUT2D eigenvalue weighted by atomic mass is 10.0. The number of fused-ring (bicyclic) bond motifs is 1. The lowest BCUT2D eigenvalue weighted by Crippen LogP contribution is -1.96. The quantitative estimate of drug-likeness (QED) is 0.440. The second kappa shape index (κ2) is 6.39. The molecule has 3 aromatic rings. The van der Waals surface area contributed by atoms with Crippen molar-refractivity contribution in [1.29, 1.82) is 0 Å². The van der Waals surface area contributed by atoms with E-state index in [1.807, 2.05) is 24.3 Å². The third-order valence-electron chi connectivity index (χ3n) is 3.49. The smallest absolute Gasteiger partial charge is 0.0625 e. The summed E-state index contributed by atoms with van der Waals surface area (Å²) in [4.78, 5) is 0. The van der Waals surface area contributed by atoms with E-state index in [4.69, 9.17) is 23.2 Å². The number of alkyl halides is 1. The third kappa shape index (κ3) is 3.60. The van der Waals surface area contributed by atoms with E-state index in [9.17, 15) is 0 Å². The molecule has 3 rings (SSSR count). The van der Waals surface area contributed by atoms with Crippen molar-refractivity contribution in [2.24, 2.45) is 0 Å². The summed E-state index contributed by atoms with van der Waals surface area (Å²) in [5, 5.41) is 3.10. The van der Waals surface area contributed by atoms with Crippen LogP contribution in [0.1, 0.15) is 16.5 Å². The summed E-state index contributed by atoms with van der Waals surface area (Å²) < 4.78 is 1.09. The highest BCUT2D eigenvalue weighted by Gasteiger charge is 2.10. The van der Waals surface area contributed by atoms with E-state index >= 15 is 0 Å². The maximum Gasteiger partial charge on any atom is 0.0625 e. The predicted molar refractivity (Wildman–Crippen MR) is 95.4 cm³/mol. The molecule has 0 bridgehead atoms. The molecule has 0 aliphatic carbocycles. The topological polar surface area (TPSA) is 0 Å². The lowest BCUT2D eigenvalue weighted by Gasteiger charge is -2.11. The average Bonchev–Trinajstić information content (AvgIpc) is 2.46. The zero-order chi connectivity index (χ0) is 14.8. The van der Waals surface area contributed by atoms with E-state index in [0.717, 1.165) is 27.0 Å². The Morgan fingerprint density at radius 2 is 1.67 bits per heavy atom. The zero-order valence-corrected chi connectivity index (χ0v) is 14.3. The monoisotopic (exact) mass is 378 g/mol. The van der Waals surface area contributed by atoms with Gasteiger partial charge in [0.05, 0.1) is 5.38 Å². The molecule has 0 aliphatic rings. The van der Waals surface area contributed by atoms with Crippen LogP contribution in [0.2, 0.25) is 5.02 Å². The molecule has 106 valence electrons. The Balaban J connectivity index is 1.87. The molecule has 0 aliphatic heterocycles. The average molecular weight is 380 g/mol. The fraction of sp³-hybridized carbons (Fsp3) is 0.111. The molecule has 0 aromatic heterocycles. The van der Waals surface area contributed by atoms with Gasteiger partial charge in [0.25, 0.3) is 0 Å². The normalized spacial score (nSPS) is 12.5. The highest BCUT2D eigenvalue weighted by Crippen LogP contribution is 2.29. The molecule has 0 fully saturated rings. The number of hydrogen-bond acceptors (Lipinski definition) is 0. The van der Waals surface area contributed by atoms with Crippen molar-refractivity contribution in [2.75, 3.05) is 0 Å². The van der Waals surface area contributed by atoms with Crippen LogP contribution in [0.3, 0.4) is 0 Å². The largest absolute Gasteiger partial charge is 0.117 e. The summed E-state index contributed by atoms with van der Waals surface area (Å²) in [5.74, 6) is 0. The van der Waals surface area contributed by atoms with Crippen molar-refractivity contribution >= 4 is 49.9 Å². The maximum atomic E-state index is 6.57. The van der Waals surface area contributed by atoms with Crippen LogP contribution in [0.5, 0.6) is 0 Å². The van der Waals surface area contributed by atoms with Crippen molar-refractivity contribution < 1.29 is 0 Å². The molecule has 21 heavy (non-hydrogen) atoms. The van der Waals surface area contributed by atoms with Gasteiger partial charge in [-0.1, -0.05) is 57.9 Å².